The molecular formula is C19H29N3O4S. The van der Waals surface area contributed by atoms with Crippen molar-refractivity contribution in [2.45, 2.75) is 24.8 Å². The summed E-state index contributed by atoms with van der Waals surface area (Å²) in [4.78, 5) is 17.4. The van der Waals surface area contributed by atoms with E-state index in [4.69, 9.17) is 4.74 Å². The Morgan fingerprint density at radius 2 is 1.74 bits per heavy atom. The Labute approximate surface area is 161 Å². The molecule has 0 unspecified atom stereocenters. The Hall–Kier alpha value is -1.64. The number of rotatable bonds is 5. The SMILES string of the molecule is COc1ccc([C@H]2C[C@H](NS(C)(=O)=O)C[C@@H]2C(=O)N2CCN(C)CC2)cc1. The molecular weight excluding hydrogens is 366 g/mol. The molecule has 0 radical (unpaired) electrons. The van der Waals surface area contributed by atoms with E-state index in [0.29, 0.717) is 12.8 Å². The van der Waals surface area contributed by atoms with Crippen molar-refractivity contribution in [2.24, 2.45) is 5.92 Å². The number of sulfonamides is 1. The zero-order chi connectivity index (χ0) is 19.6. The normalized spacial score (nSPS) is 26.9. The molecule has 1 aromatic carbocycles. The van der Waals surface area contributed by atoms with Crippen LogP contribution in [0.1, 0.15) is 24.3 Å². The van der Waals surface area contributed by atoms with E-state index in [1.54, 1.807) is 7.11 Å². The summed E-state index contributed by atoms with van der Waals surface area (Å²) in [6, 6.07) is 7.54. The van der Waals surface area contributed by atoms with Crippen molar-refractivity contribution >= 4 is 15.9 Å². The van der Waals surface area contributed by atoms with Gasteiger partial charge in [-0.1, -0.05) is 12.1 Å². The van der Waals surface area contributed by atoms with Gasteiger partial charge in [0.05, 0.1) is 13.4 Å². The highest BCUT2D eigenvalue weighted by Crippen LogP contribution is 2.41. The zero-order valence-corrected chi connectivity index (χ0v) is 17.0. The summed E-state index contributed by atoms with van der Waals surface area (Å²) < 4.78 is 31.3. The van der Waals surface area contributed by atoms with Crippen molar-refractivity contribution in [1.29, 1.82) is 0 Å². The maximum atomic E-state index is 13.2. The van der Waals surface area contributed by atoms with Gasteiger partial charge in [0.25, 0.3) is 0 Å². The van der Waals surface area contributed by atoms with Gasteiger partial charge in [0.15, 0.2) is 0 Å². The van der Waals surface area contributed by atoms with Gasteiger partial charge in [-0.15, -0.1) is 0 Å². The minimum atomic E-state index is -3.31. The molecule has 1 heterocycles. The van der Waals surface area contributed by atoms with Crippen molar-refractivity contribution in [3.63, 3.8) is 0 Å². The van der Waals surface area contributed by atoms with Crippen molar-refractivity contribution in [1.82, 2.24) is 14.5 Å². The number of amides is 1. The molecule has 7 nitrogen and oxygen atoms in total. The van der Waals surface area contributed by atoms with Crippen LogP contribution in [0.25, 0.3) is 0 Å². The van der Waals surface area contributed by atoms with E-state index in [0.717, 1.165) is 37.5 Å². The number of hydrogen-bond donors (Lipinski definition) is 1. The first-order valence-electron chi connectivity index (χ1n) is 9.35. The first-order chi connectivity index (χ1) is 12.8. The number of methoxy groups -OCH3 is 1. The van der Waals surface area contributed by atoms with E-state index in [-0.39, 0.29) is 23.8 Å². The second-order valence-electron chi connectivity index (χ2n) is 7.67. The highest BCUT2D eigenvalue weighted by molar-refractivity contribution is 7.88. The fraction of sp³-hybridized carbons (Fsp3) is 0.632. The lowest BCUT2D eigenvalue weighted by molar-refractivity contribution is -0.137. The first-order valence-corrected chi connectivity index (χ1v) is 11.2. The van der Waals surface area contributed by atoms with Crippen LogP contribution in [0, 0.1) is 5.92 Å². The third-order valence-corrected chi connectivity index (χ3v) is 6.38. The fourth-order valence-corrected chi connectivity index (χ4v) is 4.99. The van der Waals surface area contributed by atoms with Crippen molar-refractivity contribution < 1.29 is 17.9 Å². The van der Waals surface area contributed by atoms with Crippen molar-refractivity contribution in [3.8, 4) is 5.75 Å². The van der Waals surface area contributed by atoms with Crippen LogP contribution < -0.4 is 9.46 Å². The zero-order valence-electron chi connectivity index (χ0n) is 16.2. The minimum absolute atomic E-state index is 0.00214. The summed E-state index contributed by atoms with van der Waals surface area (Å²) >= 11 is 0. The molecule has 1 aromatic rings. The molecule has 3 rings (SSSR count). The molecule has 8 heteroatoms. The van der Waals surface area contributed by atoms with Crippen molar-refractivity contribution in [2.75, 3.05) is 46.6 Å². The maximum Gasteiger partial charge on any atom is 0.226 e. The van der Waals surface area contributed by atoms with Gasteiger partial charge < -0.3 is 14.5 Å². The van der Waals surface area contributed by atoms with Gasteiger partial charge in [-0.25, -0.2) is 13.1 Å². The Bertz CT molecular complexity index is 758. The van der Waals surface area contributed by atoms with E-state index in [1.165, 1.54) is 6.26 Å². The standard InChI is InChI=1S/C19H29N3O4S/c1-21-8-10-22(11-9-21)19(23)18-13-15(20-27(3,24)25)12-17(18)14-4-6-16(26-2)7-5-14/h4-7,15,17-18,20H,8-13H2,1-3H3/t15-,17+,18-/m0/s1. The monoisotopic (exact) mass is 395 g/mol. The van der Waals surface area contributed by atoms with Gasteiger partial charge >= 0.3 is 0 Å². The molecule has 1 saturated carbocycles. The number of nitrogens with zero attached hydrogens (tertiary/aromatic N) is 2. The lowest BCUT2D eigenvalue weighted by Gasteiger charge is -2.35. The predicted molar refractivity (Wildman–Crippen MR) is 104 cm³/mol. The topological polar surface area (TPSA) is 78.9 Å². The van der Waals surface area contributed by atoms with E-state index in [2.05, 4.69) is 16.7 Å². The molecule has 150 valence electrons. The first kappa shape index (κ1) is 20.1. The number of carbonyl (C=O) groups excluding carboxylic acids is 1. The summed E-state index contributed by atoms with van der Waals surface area (Å²) in [5, 5.41) is 0. The summed E-state index contributed by atoms with van der Waals surface area (Å²) in [7, 11) is 0.374. The third kappa shape index (κ3) is 5.00. The highest BCUT2D eigenvalue weighted by atomic mass is 32.2. The van der Waals surface area contributed by atoms with E-state index in [1.807, 2.05) is 29.2 Å². The lowest BCUT2D eigenvalue weighted by atomic mass is 9.87. The van der Waals surface area contributed by atoms with E-state index in [9.17, 15) is 13.2 Å². The fourth-order valence-electron chi connectivity index (χ4n) is 4.19. The third-order valence-electron chi connectivity index (χ3n) is 5.62. The Balaban J connectivity index is 1.81. The number of ether oxygens (including phenoxy) is 1. The maximum absolute atomic E-state index is 13.2. The second-order valence-corrected chi connectivity index (χ2v) is 9.45. The number of likely N-dealkylation sites (N-methyl/N-ethyl adjacent to an activating group) is 1. The number of piperazine rings is 1. The lowest BCUT2D eigenvalue weighted by Crippen LogP contribution is -2.49. The smallest absolute Gasteiger partial charge is 0.226 e. The van der Waals surface area contributed by atoms with Gasteiger partial charge in [0.1, 0.15) is 5.75 Å². The molecule has 0 aromatic heterocycles. The number of nitrogens with one attached hydrogen (secondary N) is 1. The largest absolute Gasteiger partial charge is 0.497 e. The van der Waals surface area contributed by atoms with Gasteiger partial charge in [-0.2, -0.15) is 0 Å². The molecule has 0 bridgehead atoms. The molecule has 2 fully saturated rings. The van der Waals surface area contributed by atoms with Gasteiger partial charge in [0, 0.05) is 38.1 Å². The summed E-state index contributed by atoms with van der Waals surface area (Å²) in [6.07, 6.45) is 2.34. The van der Waals surface area contributed by atoms with Gasteiger partial charge in [0.2, 0.25) is 15.9 Å². The number of carbonyl (C=O) groups is 1. The quantitative estimate of drug-likeness (QED) is 0.801. The Kier molecular flexibility index (Phi) is 6.08. The number of benzene rings is 1. The minimum Gasteiger partial charge on any atom is -0.497 e. The average molecular weight is 396 g/mol. The van der Waals surface area contributed by atoms with E-state index >= 15 is 0 Å². The van der Waals surface area contributed by atoms with Crippen LogP contribution in [-0.2, 0) is 14.8 Å². The molecule has 1 aliphatic heterocycles. The van der Waals surface area contributed by atoms with Crippen molar-refractivity contribution in [3.05, 3.63) is 29.8 Å². The summed E-state index contributed by atoms with van der Waals surface area (Å²) in [5.74, 6) is 0.703. The molecule has 1 N–H and O–H groups in total. The van der Waals surface area contributed by atoms with Gasteiger partial charge in [-0.3, -0.25) is 4.79 Å². The van der Waals surface area contributed by atoms with Crippen LogP contribution >= 0.6 is 0 Å². The molecule has 0 spiro atoms. The second kappa shape index (κ2) is 8.16. The molecule has 1 amide bonds. The summed E-state index contributed by atoms with van der Waals surface area (Å²) in [6.45, 7) is 3.20. The molecule has 2 aliphatic rings. The Morgan fingerprint density at radius 3 is 2.30 bits per heavy atom. The average Bonchev–Trinajstić information content (AvgIpc) is 3.03. The summed E-state index contributed by atoms with van der Waals surface area (Å²) in [5.41, 5.74) is 1.06. The molecule has 27 heavy (non-hydrogen) atoms. The van der Waals surface area contributed by atoms with Crippen LogP contribution in [-0.4, -0.2) is 76.8 Å². The van der Waals surface area contributed by atoms with Gasteiger partial charge in [-0.05, 0) is 43.5 Å². The Morgan fingerprint density at radius 1 is 1.11 bits per heavy atom. The molecule has 3 atom stereocenters. The predicted octanol–water partition coefficient (Wildman–Crippen LogP) is 0.881. The molecule has 1 aliphatic carbocycles. The van der Waals surface area contributed by atoms with Crippen LogP contribution in [0.5, 0.6) is 5.75 Å². The van der Waals surface area contributed by atoms with E-state index < -0.39 is 10.0 Å². The number of hydrogen-bond acceptors (Lipinski definition) is 5. The van der Waals surface area contributed by atoms with Crippen LogP contribution in [0.15, 0.2) is 24.3 Å². The van der Waals surface area contributed by atoms with Crippen LogP contribution in [0.4, 0.5) is 0 Å². The highest BCUT2D eigenvalue weighted by Gasteiger charge is 2.42. The van der Waals surface area contributed by atoms with Crippen LogP contribution in [0.3, 0.4) is 0 Å². The molecule has 1 saturated heterocycles. The van der Waals surface area contributed by atoms with Crippen LogP contribution in [0.2, 0.25) is 0 Å².